The zero-order valence-electron chi connectivity index (χ0n) is 12.0. The summed E-state index contributed by atoms with van der Waals surface area (Å²) in [4.78, 5) is 20.0. The lowest BCUT2D eigenvalue weighted by Gasteiger charge is -2.16. The van der Waals surface area contributed by atoms with Gasteiger partial charge in [0.25, 0.3) is 5.91 Å². The van der Waals surface area contributed by atoms with Gasteiger partial charge in [0.2, 0.25) is 0 Å². The van der Waals surface area contributed by atoms with Gasteiger partial charge in [-0.05, 0) is 19.1 Å². The Morgan fingerprint density at radius 2 is 2.10 bits per heavy atom. The molecule has 0 atom stereocenters. The Bertz CT molecular complexity index is 647. The molecule has 5 nitrogen and oxygen atoms in total. The van der Waals surface area contributed by atoms with E-state index in [1.165, 1.54) is 16.2 Å². The molecule has 21 heavy (non-hydrogen) atoms. The fourth-order valence-corrected chi connectivity index (χ4v) is 2.64. The molecule has 0 unspecified atom stereocenters. The van der Waals surface area contributed by atoms with Crippen LogP contribution in [0.4, 0.5) is 10.8 Å². The lowest BCUT2D eigenvalue weighted by molar-refractivity contribution is 0.0779. The van der Waals surface area contributed by atoms with E-state index in [0.717, 1.165) is 10.8 Å². The predicted octanol–water partition coefficient (Wildman–Crippen LogP) is 2.90. The number of thiazole rings is 1. The van der Waals surface area contributed by atoms with Crippen LogP contribution in [-0.2, 0) is 0 Å². The normalized spacial score (nSPS) is 9.95. The van der Waals surface area contributed by atoms with Crippen molar-refractivity contribution in [3.8, 4) is 6.07 Å². The van der Waals surface area contributed by atoms with Gasteiger partial charge in [-0.3, -0.25) is 4.79 Å². The Morgan fingerprint density at radius 3 is 2.71 bits per heavy atom. The number of rotatable bonds is 5. The quantitative estimate of drug-likeness (QED) is 0.797. The number of nitriles is 1. The molecule has 0 saturated heterocycles. The van der Waals surface area contributed by atoms with Crippen LogP contribution in [0.25, 0.3) is 0 Å². The topological polar surface area (TPSA) is 60.2 Å². The number of hydrogen-bond donors (Lipinski definition) is 0. The van der Waals surface area contributed by atoms with Gasteiger partial charge in [0, 0.05) is 24.7 Å². The van der Waals surface area contributed by atoms with Crippen LogP contribution in [0.2, 0.25) is 0 Å². The molecule has 0 spiro atoms. The maximum Gasteiger partial charge on any atom is 0.274 e. The lowest BCUT2D eigenvalue weighted by Crippen LogP contribution is -2.31. The Balaban J connectivity index is 2.18. The monoisotopic (exact) mass is 300 g/mol. The highest BCUT2D eigenvalue weighted by molar-refractivity contribution is 7.14. The first kappa shape index (κ1) is 15.0. The smallest absolute Gasteiger partial charge is 0.274 e. The molecule has 2 aromatic rings. The van der Waals surface area contributed by atoms with E-state index >= 15 is 0 Å². The van der Waals surface area contributed by atoms with E-state index in [1.807, 2.05) is 55.3 Å². The number of benzene rings is 1. The molecule has 1 aromatic heterocycles. The Kier molecular flexibility index (Phi) is 4.90. The van der Waals surface area contributed by atoms with Crippen molar-refractivity contribution in [2.24, 2.45) is 0 Å². The predicted molar refractivity (Wildman–Crippen MR) is 83.8 cm³/mol. The van der Waals surface area contributed by atoms with Crippen molar-refractivity contribution < 1.29 is 4.79 Å². The number of nitrogens with zero attached hydrogens (tertiary/aromatic N) is 4. The summed E-state index contributed by atoms with van der Waals surface area (Å²) in [6.45, 7) is 2.42. The van der Waals surface area contributed by atoms with E-state index in [4.69, 9.17) is 5.26 Å². The minimum Gasteiger partial charge on any atom is -0.324 e. The summed E-state index contributed by atoms with van der Waals surface area (Å²) < 4.78 is 0. The van der Waals surface area contributed by atoms with Crippen molar-refractivity contribution in [2.45, 2.75) is 6.92 Å². The van der Waals surface area contributed by atoms with Crippen LogP contribution in [0, 0.1) is 11.3 Å². The van der Waals surface area contributed by atoms with Crippen LogP contribution in [0.3, 0.4) is 0 Å². The van der Waals surface area contributed by atoms with Crippen LogP contribution in [-0.4, -0.2) is 35.9 Å². The average molecular weight is 300 g/mol. The van der Waals surface area contributed by atoms with E-state index in [2.05, 4.69) is 4.98 Å². The fourth-order valence-electron chi connectivity index (χ4n) is 1.85. The van der Waals surface area contributed by atoms with Crippen molar-refractivity contribution >= 4 is 28.1 Å². The summed E-state index contributed by atoms with van der Waals surface area (Å²) in [6.07, 6.45) is 0. The van der Waals surface area contributed by atoms with Gasteiger partial charge in [0.15, 0.2) is 5.13 Å². The molecule has 1 amide bonds. The molecular weight excluding hydrogens is 284 g/mol. The van der Waals surface area contributed by atoms with Crippen LogP contribution < -0.4 is 4.90 Å². The molecule has 0 bridgehead atoms. The van der Waals surface area contributed by atoms with Crippen molar-refractivity contribution in [1.82, 2.24) is 9.88 Å². The maximum atomic E-state index is 12.2. The van der Waals surface area contributed by atoms with Crippen LogP contribution in [0.15, 0.2) is 35.7 Å². The van der Waals surface area contributed by atoms with Crippen LogP contribution in [0.5, 0.6) is 0 Å². The molecule has 0 aliphatic rings. The van der Waals surface area contributed by atoms with Gasteiger partial charge in [0.05, 0.1) is 6.07 Å². The van der Waals surface area contributed by atoms with E-state index in [0.29, 0.717) is 12.2 Å². The minimum atomic E-state index is -0.206. The summed E-state index contributed by atoms with van der Waals surface area (Å²) in [5.74, 6) is -0.206. The average Bonchev–Trinajstić information content (AvgIpc) is 3.02. The molecular formula is C15H16N4OS. The van der Waals surface area contributed by atoms with Crippen molar-refractivity contribution in [1.29, 1.82) is 5.26 Å². The number of amides is 1. The van der Waals surface area contributed by atoms with Crippen molar-refractivity contribution in [3.63, 3.8) is 0 Å². The number of anilines is 2. The number of hydrogen-bond acceptors (Lipinski definition) is 5. The van der Waals surface area contributed by atoms with Gasteiger partial charge in [-0.15, -0.1) is 11.3 Å². The third-order valence-corrected chi connectivity index (χ3v) is 3.99. The van der Waals surface area contributed by atoms with E-state index < -0.39 is 0 Å². The molecule has 0 saturated carbocycles. The molecule has 108 valence electrons. The van der Waals surface area contributed by atoms with Crippen LogP contribution in [0.1, 0.15) is 17.4 Å². The number of aromatic nitrogens is 1. The Hall–Kier alpha value is -2.39. The van der Waals surface area contributed by atoms with Gasteiger partial charge in [-0.1, -0.05) is 18.2 Å². The molecule has 1 heterocycles. The molecule has 0 fully saturated rings. The van der Waals surface area contributed by atoms with Gasteiger partial charge < -0.3 is 9.80 Å². The third-order valence-electron chi connectivity index (χ3n) is 3.07. The minimum absolute atomic E-state index is 0.0801. The van der Waals surface area contributed by atoms with Gasteiger partial charge in [0.1, 0.15) is 12.2 Å². The summed E-state index contributed by atoms with van der Waals surface area (Å²) in [5.41, 5.74) is 1.39. The highest BCUT2D eigenvalue weighted by Crippen LogP contribution is 2.26. The van der Waals surface area contributed by atoms with E-state index in [1.54, 1.807) is 5.38 Å². The highest BCUT2D eigenvalue weighted by atomic mass is 32.1. The number of carbonyl (C=O) groups excluding carboxylic acids is 1. The largest absolute Gasteiger partial charge is 0.324 e. The van der Waals surface area contributed by atoms with Gasteiger partial charge in [-0.2, -0.15) is 5.26 Å². The molecule has 0 radical (unpaired) electrons. The molecule has 0 aliphatic heterocycles. The molecule has 0 N–H and O–H groups in total. The van der Waals surface area contributed by atoms with E-state index in [-0.39, 0.29) is 12.5 Å². The van der Waals surface area contributed by atoms with Crippen LogP contribution >= 0.6 is 11.3 Å². The number of para-hydroxylation sites is 1. The van der Waals surface area contributed by atoms with Gasteiger partial charge >= 0.3 is 0 Å². The lowest BCUT2D eigenvalue weighted by atomic mass is 10.3. The summed E-state index contributed by atoms with van der Waals surface area (Å²) in [5, 5.41) is 11.2. The second-order valence-corrected chi connectivity index (χ2v) is 5.22. The molecule has 1 aromatic carbocycles. The Morgan fingerprint density at radius 1 is 1.38 bits per heavy atom. The van der Waals surface area contributed by atoms with Gasteiger partial charge in [-0.25, -0.2) is 4.98 Å². The molecule has 2 rings (SSSR count). The maximum absolute atomic E-state index is 12.2. The third kappa shape index (κ3) is 3.38. The number of carbonyl (C=O) groups is 1. The first-order chi connectivity index (χ1) is 10.2. The summed E-state index contributed by atoms with van der Waals surface area (Å²) >= 11 is 1.41. The fraction of sp³-hybridized carbons (Fsp3) is 0.267. The Labute approximate surface area is 128 Å². The zero-order chi connectivity index (χ0) is 15.2. The van der Waals surface area contributed by atoms with Crippen molar-refractivity contribution in [2.75, 3.05) is 25.0 Å². The SMILES string of the molecule is CCN(CC#N)C(=O)c1csc(N(C)c2ccccc2)n1. The van der Waals surface area contributed by atoms with E-state index in [9.17, 15) is 4.79 Å². The first-order valence-corrected chi connectivity index (χ1v) is 7.45. The standard InChI is InChI=1S/C15H16N4OS/c1-3-19(10-9-16)14(20)13-11-21-15(17-13)18(2)12-7-5-4-6-8-12/h4-8,11H,3,10H2,1-2H3. The second kappa shape index (κ2) is 6.86. The zero-order valence-corrected chi connectivity index (χ0v) is 12.8. The van der Waals surface area contributed by atoms with Crippen molar-refractivity contribution in [3.05, 3.63) is 41.4 Å². The summed E-state index contributed by atoms with van der Waals surface area (Å²) in [7, 11) is 1.91. The molecule has 0 aliphatic carbocycles. The first-order valence-electron chi connectivity index (χ1n) is 6.58. The highest BCUT2D eigenvalue weighted by Gasteiger charge is 2.18. The second-order valence-electron chi connectivity index (χ2n) is 4.39. The molecule has 6 heteroatoms. The summed E-state index contributed by atoms with van der Waals surface area (Å²) in [6, 6.07) is 11.8.